The third-order valence-electron chi connectivity index (χ3n) is 4.59. The number of ether oxygens (including phenoxy) is 2. The number of esters is 2. The van der Waals surface area contributed by atoms with Crippen molar-refractivity contribution in [1.29, 1.82) is 0 Å². The van der Waals surface area contributed by atoms with Crippen molar-refractivity contribution in [3.05, 3.63) is 10.6 Å². The van der Waals surface area contributed by atoms with Crippen molar-refractivity contribution >= 4 is 29.6 Å². The summed E-state index contributed by atoms with van der Waals surface area (Å²) in [4.78, 5) is 39.0. The lowest BCUT2D eigenvalue weighted by molar-refractivity contribution is -0.175. The van der Waals surface area contributed by atoms with E-state index in [9.17, 15) is 19.5 Å². The van der Waals surface area contributed by atoms with Crippen molar-refractivity contribution < 1.29 is 29.0 Å². The Bertz CT molecular complexity index is 636. The fourth-order valence-corrected chi connectivity index (χ4v) is 4.31. The number of thioether (sulfide) groups is 1. The molecule has 2 aliphatic heterocycles. The van der Waals surface area contributed by atoms with Gasteiger partial charge in [0.05, 0.1) is 23.5 Å². The van der Waals surface area contributed by atoms with Gasteiger partial charge in [-0.15, -0.1) is 11.8 Å². The van der Waals surface area contributed by atoms with Crippen LogP contribution in [0.2, 0.25) is 0 Å². The summed E-state index contributed by atoms with van der Waals surface area (Å²) in [7, 11) is 0. The average molecular weight is 385 g/mol. The van der Waals surface area contributed by atoms with Crippen LogP contribution in [0.3, 0.4) is 0 Å². The molecule has 0 aliphatic carbocycles. The molecule has 1 fully saturated rings. The van der Waals surface area contributed by atoms with E-state index < -0.39 is 36.2 Å². The molecule has 3 unspecified atom stereocenters. The Hall–Kier alpha value is -1.54. The lowest BCUT2D eigenvalue weighted by Gasteiger charge is -2.46. The van der Waals surface area contributed by atoms with Crippen LogP contribution >= 0.6 is 11.8 Å². The molecule has 2 aliphatic rings. The van der Waals surface area contributed by atoms with Gasteiger partial charge in [-0.05, 0) is 33.4 Å². The number of β-lactam (4-membered cyclic amide) rings is 1. The number of fused-ring (bicyclic) bond motifs is 1. The molecule has 1 N–H and O–H groups in total. The van der Waals surface area contributed by atoms with E-state index in [-0.39, 0.29) is 23.6 Å². The first-order valence-electron chi connectivity index (χ1n) is 8.74. The quantitative estimate of drug-likeness (QED) is 0.424. The zero-order valence-corrected chi connectivity index (χ0v) is 16.9. The number of amides is 1. The number of aliphatic hydroxyl groups excluding tert-OH is 1. The van der Waals surface area contributed by atoms with Gasteiger partial charge in [-0.25, -0.2) is 4.79 Å². The first-order valence-corrected chi connectivity index (χ1v) is 9.73. The summed E-state index contributed by atoms with van der Waals surface area (Å²) in [5, 5.41) is 9.88. The maximum absolute atomic E-state index is 12.6. The maximum Gasteiger partial charge on any atom is 0.358 e. The highest BCUT2D eigenvalue weighted by molar-refractivity contribution is 8.03. The number of nitrogens with zero attached hydrogens (tertiary/aromatic N) is 1. The summed E-state index contributed by atoms with van der Waals surface area (Å²) >= 11 is 1.49. The van der Waals surface area contributed by atoms with Crippen LogP contribution in [0.4, 0.5) is 0 Å². The minimum atomic E-state index is -0.776. The van der Waals surface area contributed by atoms with Gasteiger partial charge in [-0.1, -0.05) is 13.8 Å². The zero-order valence-electron chi connectivity index (χ0n) is 16.1. The van der Waals surface area contributed by atoms with Crippen LogP contribution in [0.5, 0.6) is 0 Å². The number of hydrogen-bond donors (Lipinski definition) is 1. The van der Waals surface area contributed by atoms with Gasteiger partial charge in [0.25, 0.3) is 0 Å². The van der Waals surface area contributed by atoms with E-state index in [0.29, 0.717) is 0 Å². The van der Waals surface area contributed by atoms with Gasteiger partial charge < -0.3 is 19.5 Å². The van der Waals surface area contributed by atoms with Crippen LogP contribution in [0.15, 0.2) is 10.6 Å². The van der Waals surface area contributed by atoms with Gasteiger partial charge in [0.15, 0.2) is 0 Å². The van der Waals surface area contributed by atoms with Crippen molar-refractivity contribution in [1.82, 2.24) is 4.90 Å². The molecule has 26 heavy (non-hydrogen) atoms. The van der Waals surface area contributed by atoms with E-state index in [4.69, 9.17) is 9.47 Å². The predicted octanol–water partition coefficient (Wildman–Crippen LogP) is 1.90. The SMILES string of the molecule is CCSC1=C(C(=O)OCOC(=O)C(C)(C)C)N2C(=O)C(C(C)O)[C@@H]2C1C. The van der Waals surface area contributed by atoms with Crippen LogP contribution in [-0.4, -0.2) is 52.5 Å². The Morgan fingerprint density at radius 1 is 1.31 bits per heavy atom. The minimum absolute atomic E-state index is 0.0584. The zero-order chi connectivity index (χ0) is 19.8. The van der Waals surface area contributed by atoms with E-state index in [0.717, 1.165) is 10.7 Å². The molecular weight excluding hydrogens is 358 g/mol. The largest absolute Gasteiger partial charge is 0.427 e. The summed E-state index contributed by atoms with van der Waals surface area (Å²) < 4.78 is 10.1. The molecule has 2 rings (SSSR count). The second-order valence-electron chi connectivity index (χ2n) is 7.63. The molecule has 146 valence electrons. The second-order valence-corrected chi connectivity index (χ2v) is 8.94. The van der Waals surface area contributed by atoms with E-state index in [1.54, 1.807) is 27.7 Å². The predicted molar refractivity (Wildman–Crippen MR) is 96.6 cm³/mol. The van der Waals surface area contributed by atoms with Gasteiger partial charge in [-0.2, -0.15) is 0 Å². The van der Waals surface area contributed by atoms with Crippen LogP contribution in [0.1, 0.15) is 41.5 Å². The monoisotopic (exact) mass is 385 g/mol. The fraction of sp³-hybridized carbons (Fsp3) is 0.722. The molecular formula is C18H27NO6S. The number of aliphatic hydroxyl groups is 1. The lowest BCUT2D eigenvalue weighted by Crippen LogP contribution is -2.63. The molecule has 7 nitrogen and oxygen atoms in total. The summed E-state index contributed by atoms with van der Waals surface area (Å²) in [6, 6.07) is -0.240. The Balaban J connectivity index is 2.13. The van der Waals surface area contributed by atoms with Gasteiger partial charge in [0.1, 0.15) is 5.70 Å². The normalized spacial score (nSPS) is 26.3. The standard InChI is InChI=1S/C18H27NO6S/c1-7-26-14-9(2)12-11(10(3)20)15(21)19(12)13(14)16(22)24-8-25-17(23)18(4,5)6/h9-12,20H,7-8H2,1-6H3/t9?,10?,11?,12-/m0/s1. The molecule has 0 radical (unpaired) electrons. The highest BCUT2D eigenvalue weighted by Crippen LogP contribution is 2.50. The number of carbonyl (C=O) groups excluding carboxylic acids is 3. The van der Waals surface area contributed by atoms with Crippen molar-refractivity contribution in [3.63, 3.8) is 0 Å². The fourth-order valence-electron chi connectivity index (χ4n) is 3.28. The maximum atomic E-state index is 12.6. The third kappa shape index (κ3) is 3.62. The lowest BCUT2D eigenvalue weighted by atomic mass is 9.79. The van der Waals surface area contributed by atoms with Crippen LogP contribution in [0.25, 0.3) is 0 Å². The Morgan fingerprint density at radius 3 is 2.42 bits per heavy atom. The highest BCUT2D eigenvalue weighted by atomic mass is 32.2. The van der Waals surface area contributed by atoms with E-state index >= 15 is 0 Å². The number of carbonyl (C=O) groups is 3. The van der Waals surface area contributed by atoms with Crippen molar-refractivity contribution in [3.8, 4) is 0 Å². The van der Waals surface area contributed by atoms with Crippen molar-refractivity contribution in [2.45, 2.75) is 53.7 Å². The van der Waals surface area contributed by atoms with Gasteiger partial charge in [0, 0.05) is 10.8 Å². The van der Waals surface area contributed by atoms with Crippen LogP contribution in [0, 0.1) is 17.3 Å². The van der Waals surface area contributed by atoms with Crippen molar-refractivity contribution in [2.24, 2.45) is 17.3 Å². The van der Waals surface area contributed by atoms with Crippen LogP contribution < -0.4 is 0 Å². The van der Waals surface area contributed by atoms with E-state index in [1.165, 1.54) is 16.7 Å². The molecule has 8 heteroatoms. The summed E-state index contributed by atoms with van der Waals surface area (Å²) in [5.74, 6) is -1.27. The highest BCUT2D eigenvalue weighted by Gasteiger charge is 2.60. The molecule has 0 bridgehead atoms. The van der Waals surface area contributed by atoms with Gasteiger partial charge >= 0.3 is 11.9 Å². The summed E-state index contributed by atoms with van der Waals surface area (Å²) in [5.41, 5.74) is -0.483. The number of hydrogen-bond acceptors (Lipinski definition) is 7. The summed E-state index contributed by atoms with van der Waals surface area (Å²) in [6.45, 7) is 10.1. The molecule has 0 aromatic carbocycles. The van der Waals surface area contributed by atoms with E-state index in [2.05, 4.69) is 0 Å². The topological polar surface area (TPSA) is 93.1 Å². The molecule has 0 spiro atoms. The minimum Gasteiger partial charge on any atom is -0.427 e. The second kappa shape index (κ2) is 7.60. The van der Waals surface area contributed by atoms with Gasteiger partial charge in [0.2, 0.25) is 12.7 Å². The average Bonchev–Trinajstić information content (AvgIpc) is 2.76. The molecule has 4 atom stereocenters. The third-order valence-corrected chi connectivity index (χ3v) is 5.76. The molecule has 1 amide bonds. The molecule has 0 saturated carbocycles. The molecule has 2 heterocycles. The van der Waals surface area contributed by atoms with Crippen molar-refractivity contribution in [2.75, 3.05) is 12.5 Å². The Kier molecular flexibility index (Phi) is 6.07. The van der Waals surface area contributed by atoms with Gasteiger partial charge in [-0.3, -0.25) is 9.59 Å². The Labute approximate surface area is 158 Å². The molecule has 1 saturated heterocycles. The molecule has 0 aromatic rings. The first kappa shape index (κ1) is 20.8. The van der Waals surface area contributed by atoms with Crippen LogP contribution in [-0.2, 0) is 23.9 Å². The first-order chi connectivity index (χ1) is 12.0. The Morgan fingerprint density at radius 2 is 1.92 bits per heavy atom. The van der Waals surface area contributed by atoms with E-state index in [1.807, 2.05) is 13.8 Å². The smallest absolute Gasteiger partial charge is 0.358 e. The summed E-state index contributed by atoms with van der Waals surface area (Å²) in [6.07, 6.45) is -0.776. The number of rotatable bonds is 6. The molecule has 0 aromatic heterocycles.